The van der Waals surface area contributed by atoms with E-state index in [1.54, 1.807) is 11.3 Å². The topological polar surface area (TPSA) is 37.0 Å². The highest BCUT2D eigenvalue weighted by molar-refractivity contribution is 7.14. The smallest absolute Gasteiger partial charge is 0.184 e. The van der Waals surface area contributed by atoms with E-state index in [0.717, 1.165) is 24.5 Å². The molecular formula is C9H14ClN3S. The van der Waals surface area contributed by atoms with Gasteiger partial charge in [0.1, 0.15) is 5.15 Å². The minimum absolute atomic E-state index is 0.536. The third kappa shape index (κ3) is 2.59. The summed E-state index contributed by atoms with van der Waals surface area (Å²) in [6, 6.07) is 1.13. The largest absolute Gasteiger partial charge is 0.359 e. The van der Waals surface area contributed by atoms with Crippen LogP contribution in [0.3, 0.4) is 0 Å². The number of rotatable bonds is 2. The van der Waals surface area contributed by atoms with Gasteiger partial charge in [-0.1, -0.05) is 11.6 Å². The van der Waals surface area contributed by atoms with Crippen LogP contribution in [0.25, 0.3) is 0 Å². The molecule has 5 heteroatoms. The highest BCUT2D eigenvalue weighted by Gasteiger charge is 2.18. The molecule has 0 saturated carbocycles. The lowest BCUT2D eigenvalue weighted by Gasteiger charge is -2.28. The number of halogens is 1. The summed E-state index contributed by atoms with van der Waals surface area (Å²) < 4.78 is 0. The highest BCUT2D eigenvalue weighted by Crippen LogP contribution is 2.22. The zero-order valence-electron chi connectivity index (χ0n) is 8.09. The summed E-state index contributed by atoms with van der Waals surface area (Å²) in [6.07, 6.45) is 2.30. The third-order valence-electron chi connectivity index (χ3n) is 2.43. The van der Waals surface area contributed by atoms with E-state index >= 15 is 0 Å². The van der Waals surface area contributed by atoms with E-state index in [-0.39, 0.29) is 0 Å². The molecule has 0 aromatic carbocycles. The number of hydrogen-bond acceptors (Lipinski definition) is 4. The molecule has 78 valence electrons. The molecule has 0 aliphatic carbocycles. The number of hydrogen-bond donors (Lipinski definition) is 2. The Morgan fingerprint density at radius 1 is 1.71 bits per heavy atom. The van der Waals surface area contributed by atoms with Crippen LogP contribution in [0.1, 0.15) is 19.8 Å². The van der Waals surface area contributed by atoms with Crippen molar-refractivity contribution in [3.05, 3.63) is 10.5 Å². The average molecular weight is 232 g/mol. The first-order valence-corrected chi connectivity index (χ1v) is 6.11. The Hall–Kier alpha value is -0.320. The zero-order valence-corrected chi connectivity index (χ0v) is 9.66. The van der Waals surface area contributed by atoms with Gasteiger partial charge in [0.15, 0.2) is 5.13 Å². The molecule has 2 unspecified atom stereocenters. The Morgan fingerprint density at radius 2 is 2.57 bits per heavy atom. The molecule has 2 heterocycles. The quantitative estimate of drug-likeness (QED) is 0.821. The lowest BCUT2D eigenvalue weighted by Crippen LogP contribution is -2.41. The van der Waals surface area contributed by atoms with Crippen LogP contribution in [-0.4, -0.2) is 23.6 Å². The van der Waals surface area contributed by atoms with Crippen molar-refractivity contribution in [2.45, 2.75) is 31.8 Å². The van der Waals surface area contributed by atoms with E-state index < -0.39 is 0 Å². The van der Waals surface area contributed by atoms with Crippen LogP contribution >= 0.6 is 22.9 Å². The minimum Gasteiger partial charge on any atom is -0.359 e. The SMILES string of the molecule is CC1CC(Nc2nc(Cl)cs2)CCN1. The molecule has 1 fully saturated rings. The second-order valence-corrected chi connectivity index (χ2v) is 4.94. The molecule has 0 amide bonds. The maximum atomic E-state index is 5.75. The Bertz CT molecular complexity index is 302. The number of aromatic nitrogens is 1. The molecule has 2 atom stereocenters. The fourth-order valence-electron chi connectivity index (χ4n) is 1.76. The summed E-state index contributed by atoms with van der Waals surface area (Å²) in [5.74, 6) is 0. The number of piperidine rings is 1. The molecule has 2 rings (SSSR count). The first-order valence-electron chi connectivity index (χ1n) is 4.85. The summed E-state index contributed by atoms with van der Waals surface area (Å²) in [7, 11) is 0. The number of nitrogens with zero attached hydrogens (tertiary/aromatic N) is 1. The van der Waals surface area contributed by atoms with E-state index in [1.807, 2.05) is 5.38 Å². The third-order valence-corrected chi connectivity index (χ3v) is 3.52. The van der Waals surface area contributed by atoms with Gasteiger partial charge in [-0.2, -0.15) is 0 Å². The van der Waals surface area contributed by atoms with E-state index in [9.17, 15) is 0 Å². The van der Waals surface area contributed by atoms with Crippen molar-refractivity contribution in [1.82, 2.24) is 10.3 Å². The van der Waals surface area contributed by atoms with Crippen LogP contribution in [0.4, 0.5) is 5.13 Å². The van der Waals surface area contributed by atoms with Crippen molar-refractivity contribution in [3.63, 3.8) is 0 Å². The normalized spacial score (nSPS) is 27.6. The minimum atomic E-state index is 0.536. The van der Waals surface area contributed by atoms with Gasteiger partial charge in [-0.3, -0.25) is 0 Å². The molecule has 14 heavy (non-hydrogen) atoms. The molecule has 1 aromatic rings. The molecule has 2 N–H and O–H groups in total. The molecule has 1 aliphatic rings. The Morgan fingerprint density at radius 3 is 3.21 bits per heavy atom. The lowest BCUT2D eigenvalue weighted by atomic mass is 10.0. The van der Waals surface area contributed by atoms with Gasteiger partial charge in [0.25, 0.3) is 0 Å². The lowest BCUT2D eigenvalue weighted by molar-refractivity contribution is 0.396. The van der Waals surface area contributed by atoms with E-state index in [0.29, 0.717) is 17.2 Å². The Labute approximate surface area is 92.9 Å². The van der Waals surface area contributed by atoms with Crippen molar-refractivity contribution < 1.29 is 0 Å². The first kappa shape index (κ1) is 10.2. The predicted molar refractivity (Wildman–Crippen MR) is 61.2 cm³/mol. The van der Waals surface area contributed by atoms with Crippen LogP contribution in [0.2, 0.25) is 5.15 Å². The number of nitrogens with one attached hydrogen (secondary N) is 2. The molecule has 0 spiro atoms. The van der Waals surface area contributed by atoms with Gasteiger partial charge in [0.2, 0.25) is 0 Å². The number of anilines is 1. The second kappa shape index (κ2) is 4.47. The van der Waals surface area contributed by atoms with Gasteiger partial charge in [-0.15, -0.1) is 11.3 Å². The molecule has 3 nitrogen and oxygen atoms in total. The summed E-state index contributed by atoms with van der Waals surface area (Å²) in [5.41, 5.74) is 0. The summed E-state index contributed by atoms with van der Waals surface area (Å²) in [6.45, 7) is 3.29. The first-order chi connectivity index (χ1) is 6.74. The zero-order chi connectivity index (χ0) is 9.97. The molecule has 1 aromatic heterocycles. The summed E-state index contributed by atoms with van der Waals surface area (Å²) in [4.78, 5) is 4.18. The van der Waals surface area contributed by atoms with Crippen LogP contribution in [0.15, 0.2) is 5.38 Å². The fourth-order valence-corrected chi connectivity index (χ4v) is 2.67. The van der Waals surface area contributed by atoms with Crippen molar-refractivity contribution in [1.29, 1.82) is 0 Å². The standard InChI is InChI=1S/C9H14ClN3S/c1-6-4-7(2-3-11-6)12-9-13-8(10)5-14-9/h5-7,11H,2-4H2,1H3,(H,12,13). The Balaban J connectivity index is 1.90. The Kier molecular flexibility index (Phi) is 3.26. The molecule has 0 bridgehead atoms. The average Bonchev–Trinajstić information content (AvgIpc) is 2.51. The van der Waals surface area contributed by atoms with Gasteiger partial charge in [-0.05, 0) is 26.3 Å². The molecule has 1 saturated heterocycles. The summed E-state index contributed by atoms with van der Waals surface area (Å²) in [5, 5.41) is 10.2. The molecule has 0 radical (unpaired) electrons. The fraction of sp³-hybridized carbons (Fsp3) is 0.667. The highest BCUT2D eigenvalue weighted by atomic mass is 35.5. The van der Waals surface area contributed by atoms with Crippen LogP contribution in [0, 0.1) is 0 Å². The van der Waals surface area contributed by atoms with E-state index in [2.05, 4.69) is 22.5 Å². The second-order valence-electron chi connectivity index (χ2n) is 3.70. The van der Waals surface area contributed by atoms with Crippen molar-refractivity contribution in [3.8, 4) is 0 Å². The monoisotopic (exact) mass is 231 g/mol. The van der Waals surface area contributed by atoms with Gasteiger partial charge >= 0.3 is 0 Å². The maximum absolute atomic E-state index is 5.75. The van der Waals surface area contributed by atoms with E-state index in [1.165, 1.54) is 0 Å². The van der Waals surface area contributed by atoms with Crippen molar-refractivity contribution in [2.24, 2.45) is 0 Å². The van der Waals surface area contributed by atoms with Crippen LogP contribution < -0.4 is 10.6 Å². The molecular weight excluding hydrogens is 218 g/mol. The van der Waals surface area contributed by atoms with Gasteiger partial charge in [0, 0.05) is 17.5 Å². The van der Waals surface area contributed by atoms with Gasteiger partial charge in [0.05, 0.1) is 0 Å². The van der Waals surface area contributed by atoms with Gasteiger partial charge < -0.3 is 10.6 Å². The predicted octanol–water partition coefficient (Wildman–Crippen LogP) is 2.35. The van der Waals surface area contributed by atoms with Crippen molar-refractivity contribution >= 4 is 28.1 Å². The van der Waals surface area contributed by atoms with Crippen LogP contribution in [-0.2, 0) is 0 Å². The van der Waals surface area contributed by atoms with Crippen molar-refractivity contribution in [2.75, 3.05) is 11.9 Å². The van der Waals surface area contributed by atoms with Gasteiger partial charge in [-0.25, -0.2) is 4.98 Å². The summed E-state index contributed by atoms with van der Waals surface area (Å²) >= 11 is 7.32. The van der Waals surface area contributed by atoms with Crippen LogP contribution in [0.5, 0.6) is 0 Å². The maximum Gasteiger partial charge on any atom is 0.184 e. The number of thiazole rings is 1. The van der Waals surface area contributed by atoms with E-state index in [4.69, 9.17) is 11.6 Å². The molecule has 1 aliphatic heterocycles.